The number of halogens is 2. The molecule has 1 aliphatic rings. The van der Waals surface area contributed by atoms with Gasteiger partial charge in [0.15, 0.2) is 0 Å². The molecule has 7 nitrogen and oxygen atoms in total. The van der Waals surface area contributed by atoms with Gasteiger partial charge in [-0.1, -0.05) is 0 Å². The van der Waals surface area contributed by atoms with Crippen molar-refractivity contribution in [1.29, 1.82) is 0 Å². The summed E-state index contributed by atoms with van der Waals surface area (Å²) in [7, 11) is -6.85. The van der Waals surface area contributed by atoms with E-state index in [-0.39, 0.29) is 30.9 Å². The molecular formula is C12H25F2N3O4S2. The van der Waals surface area contributed by atoms with Gasteiger partial charge in [0.05, 0.1) is 24.9 Å². The van der Waals surface area contributed by atoms with Gasteiger partial charge in [0, 0.05) is 39.3 Å². The van der Waals surface area contributed by atoms with Crippen molar-refractivity contribution in [3.8, 4) is 0 Å². The lowest BCUT2D eigenvalue weighted by molar-refractivity contribution is 0.191. The fraction of sp³-hybridized carbons (Fsp3) is 1.00. The predicted molar refractivity (Wildman–Crippen MR) is 84.8 cm³/mol. The molecule has 1 N–H and O–H groups in total. The van der Waals surface area contributed by atoms with Crippen LogP contribution < -0.4 is 4.72 Å². The van der Waals surface area contributed by atoms with Crippen LogP contribution in [-0.2, 0) is 20.0 Å². The van der Waals surface area contributed by atoms with E-state index in [9.17, 15) is 25.6 Å². The zero-order valence-electron chi connectivity index (χ0n) is 13.1. The quantitative estimate of drug-likeness (QED) is 0.528. The number of piperazine rings is 1. The molecule has 0 unspecified atom stereocenters. The second-order valence-corrected chi connectivity index (χ2v) is 9.37. The lowest BCUT2D eigenvalue weighted by atomic mass is 10.3. The Morgan fingerprint density at radius 1 is 0.870 bits per heavy atom. The van der Waals surface area contributed by atoms with Gasteiger partial charge in [0.25, 0.3) is 0 Å². The average Bonchev–Trinajstić information content (AvgIpc) is 2.51. The van der Waals surface area contributed by atoms with Gasteiger partial charge < -0.3 is 0 Å². The van der Waals surface area contributed by atoms with Crippen LogP contribution in [0.3, 0.4) is 0 Å². The molecule has 1 heterocycles. The molecule has 1 saturated heterocycles. The van der Waals surface area contributed by atoms with Crippen LogP contribution in [0.25, 0.3) is 0 Å². The smallest absolute Gasteiger partial charge is 0.214 e. The van der Waals surface area contributed by atoms with E-state index in [0.717, 1.165) is 0 Å². The van der Waals surface area contributed by atoms with E-state index < -0.39 is 33.4 Å². The number of nitrogens with zero attached hydrogens (tertiary/aromatic N) is 2. The number of nitrogens with one attached hydrogen (secondary N) is 1. The molecule has 0 spiro atoms. The van der Waals surface area contributed by atoms with Crippen molar-refractivity contribution in [2.45, 2.75) is 12.8 Å². The maximum atomic E-state index is 12.1. The Kier molecular flexibility index (Phi) is 8.83. The molecule has 0 bridgehead atoms. The zero-order valence-corrected chi connectivity index (χ0v) is 14.7. The van der Waals surface area contributed by atoms with Crippen LogP contribution in [-0.4, -0.2) is 90.2 Å². The van der Waals surface area contributed by atoms with Gasteiger partial charge in [-0.25, -0.2) is 21.6 Å². The fourth-order valence-corrected chi connectivity index (χ4v) is 4.76. The van der Waals surface area contributed by atoms with Crippen LogP contribution in [0, 0.1) is 0 Å². The second-order valence-electron chi connectivity index (χ2n) is 5.35. The van der Waals surface area contributed by atoms with Crippen molar-refractivity contribution in [3.63, 3.8) is 0 Å². The molecule has 0 radical (unpaired) electrons. The van der Waals surface area contributed by atoms with E-state index in [4.69, 9.17) is 0 Å². The molecule has 0 aliphatic carbocycles. The van der Waals surface area contributed by atoms with Crippen LogP contribution in [0.1, 0.15) is 12.8 Å². The average molecular weight is 377 g/mol. The van der Waals surface area contributed by atoms with E-state index in [1.807, 2.05) is 4.90 Å². The summed E-state index contributed by atoms with van der Waals surface area (Å²) in [5, 5.41) is 0. The molecule has 0 aromatic rings. The van der Waals surface area contributed by atoms with Crippen molar-refractivity contribution in [2.24, 2.45) is 0 Å². The first-order valence-corrected chi connectivity index (χ1v) is 10.9. The molecular weight excluding hydrogens is 352 g/mol. The van der Waals surface area contributed by atoms with Gasteiger partial charge in [0.2, 0.25) is 20.0 Å². The molecule has 1 rings (SSSR count). The third-order valence-electron chi connectivity index (χ3n) is 3.56. The summed E-state index contributed by atoms with van der Waals surface area (Å²) in [5.41, 5.74) is 0. The lowest BCUT2D eigenvalue weighted by Crippen LogP contribution is -2.50. The monoisotopic (exact) mass is 377 g/mol. The van der Waals surface area contributed by atoms with E-state index >= 15 is 0 Å². The minimum Gasteiger partial charge on any atom is -0.299 e. The highest BCUT2D eigenvalue weighted by atomic mass is 32.2. The molecule has 0 atom stereocenters. The third kappa shape index (κ3) is 7.84. The molecule has 0 aromatic heterocycles. The highest BCUT2D eigenvalue weighted by molar-refractivity contribution is 7.89. The van der Waals surface area contributed by atoms with E-state index in [2.05, 4.69) is 4.72 Å². The minimum absolute atomic E-state index is 0.00318. The van der Waals surface area contributed by atoms with Crippen molar-refractivity contribution in [3.05, 3.63) is 0 Å². The topological polar surface area (TPSA) is 86.8 Å². The number of rotatable bonds is 11. The van der Waals surface area contributed by atoms with Crippen molar-refractivity contribution >= 4 is 20.0 Å². The molecule has 0 amide bonds. The summed E-state index contributed by atoms with van der Waals surface area (Å²) in [6.45, 7) is 1.01. The Morgan fingerprint density at radius 2 is 1.43 bits per heavy atom. The zero-order chi connectivity index (χ0) is 17.3. The van der Waals surface area contributed by atoms with E-state index in [1.165, 1.54) is 4.31 Å². The molecule has 1 fully saturated rings. The SMILES string of the molecule is O=S(=O)(CCCF)NCCN1CCN(S(=O)(=O)CCCF)CC1. The van der Waals surface area contributed by atoms with E-state index in [0.29, 0.717) is 32.7 Å². The van der Waals surface area contributed by atoms with Gasteiger partial charge in [-0.3, -0.25) is 13.7 Å². The molecule has 11 heteroatoms. The molecule has 0 saturated carbocycles. The molecule has 0 aromatic carbocycles. The Morgan fingerprint density at radius 3 is 2.00 bits per heavy atom. The summed E-state index contributed by atoms with van der Waals surface area (Å²) in [6, 6.07) is 0. The summed E-state index contributed by atoms with van der Waals surface area (Å²) in [6.07, 6.45) is -0.0199. The lowest BCUT2D eigenvalue weighted by Gasteiger charge is -2.33. The summed E-state index contributed by atoms with van der Waals surface area (Å²) in [4.78, 5) is 1.96. The first-order valence-electron chi connectivity index (χ1n) is 7.60. The number of alkyl halides is 2. The normalized spacial score (nSPS) is 18.3. The molecule has 138 valence electrons. The van der Waals surface area contributed by atoms with Gasteiger partial charge in [-0.05, 0) is 12.8 Å². The first-order chi connectivity index (χ1) is 10.8. The Hall–Kier alpha value is -0.360. The first kappa shape index (κ1) is 20.7. The summed E-state index contributed by atoms with van der Waals surface area (Å²) < 4.78 is 74.7. The number of sulfonamides is 2. The molecule has 1 aliphatic heterocycles. The number of hydrogen-bond acceptors (Lipinski definition) is 5. The van der Waals surface area contributed by atoms with Gasteiger partial charge in [-0.15, -0.1) is 0 Å². The Balaban J connectivity index is 2.29. The van der Waals surface area contributed by atoms with Gasteiger partial charge in [-0.2, -0.15) is 4.31 Å². The van der Waals surface area contributed by atoms with Gasteiger partial charge in [0.1, 0.15) is 0 Å². The van der Waals surface area contributed by atoms with E-state index in [1.54, 1.807) is 0 Å². The van der Waals surface area contributed by atoms with Crippen LogP contribution in [0.2, 0.25) is 0 Å². The number of hydrogen-bond donors (Lipinski definition) is 1. The summed E-state index contributed by atoms with van der Waals surface area (Å²) >= 11 is 0. The highest BCUT2D eigenvalue weighted by Gasteiger charge is 2.26. The van der Waals surface area contributed by atoms with Crippen molar-refractivity contribution < 1.29 is 25.6 Å². The third-order valence-corrected chi connectivity index (χ3v) is 6.98. The van der Waals surface area contributed by atoms with Gasteiger partial charge >= 0.3 is 0 Å². The maximum absolute atomic E-state index is 12.1. The Labute approximate surface area is 137 Å². The predicted octanol–water partition coefficient (Wildman–Crippen LogP) is -0.428. The van der Waals surface area contributed by atoms with Crippen LogP contribution in [0.15, 0.2) is 0 Å². The standard InChI is InChI=1S/C12H25F2N3O4S2/c13-3-1-11-22(18,19)15-5-6-16-7-9-17(10-8-16)23(20,21)12-2-4-14/h15H,1-12H2. The maximum Gasteiger partial charge on any atom is 0.214 e. The Bertz CT molecular complexity index is 532. The van der Waals surface area contributed by atoms with Crippen LogP contribution in [0.4, 0.5) is 8.78 Å². The largest absolute Gasteiger partial charge is 0.299 e. The van der Waals surface area contributed by atoms with Crippen LogP contribution >= 0.6 is 0 Å². The molecule has 23 heavy (non-hydrogen) atoms. The highest BCUT2D eigenvalue weighted by Crippen LogP contribution is 2.09. The van der Waals surface area contributed by atoms with Crippen LogP contribution in [0.5, 0.6) is 0 Å². The summed E-state index contributed by atoms with van der Waals surface area (Å²) in [5.74, 6) is -0.415. The van der Waals surface area contributed by atoms with Crippen molar-refractivity contribution in [2.75, 3.05) is 64.1 Å². The minimum atomic E-state index is -3.45. The fourth-order valence-electron chi connectivity index (χ4n) is 2.27. The van der Waals surface area contributed by atoms with Crippen molar-refractivity contribution in [1.82, 2.24) is 13.9 Å². The second kappa shape index (κ2) is 9.82.